The van der Waals surface area contributed by atoms with Gasteiger partial charge in [0.1, 0.15) is 10.7 Å². The third-order valence-electron chi connectivity index (χ3n) is 5.83. The zero-order valence-electron chi connectivity index (χ0n) is 16.8. The molecular formula is C22H23Cl2FN2O3S. The smallest absolute Gasteiger partial charge is 0.246 e. The Hall–Kier alpha value is -1.67. The second-order valence-corrected chi connectivity index (χ2v) is 10.7. The number of amides is 1. The highest BCUT2D eigenvalue weighted by Crippen LogP contribution is 2.35. The highest BCUT2D eigenvalue weighted by Gasteiger charge is 2.39. The molecule has 1 heterocycles. The van der Waals surface area contributed by atoms with Crippen molar-refractivity contribution in [2.24, 2.45) is 5.92 Å². The number of carbonyl (C=O) groups excluding carboxylic acids is 1. The molecule has 5 nitrogen and oxygen atoms in total. The van der Waals surface area contributed by atoms with Gasteiger partial charge in [0.25, 0.3) is 0 Å². The van der Waals surface area contributed by atoms with Gasteiger partial charge in [-0.25, -0.2) is 12.8 Å². The second kappa shape index (κ2) is 9.06. The molecule has 9 heteroatoms. The van der Waals surface area contributed by atoms with Gasteiger partial charge in [-0.1, -0.05) is 41.4 Å². The minimum atomic E-state index is -3.85. The molecule has 2 aromatic carbocycles. The molecule has 0 bridgehead atoms. The third-order valence-corrected chi connectivity index (χ3v) is 8.69. The van der Waals surface area contributed by atoms with Gasteiger partial charge in [-0.3, -0.25) is 4.79 Å². The molecule has 1 aliphatic heterocycles. The minimum absolute atomic E-state index is 0.0135. The van der Waals surface area contributed by atoms with Crippen LogP contribution in [0.1, 0.15) is 31.2 Å². The first-order valence-corrected chi connectivity index (χ1v) is 12.5. The van der Waals surface area contributed by atoms with Crippen LogP contribution in [0.3, 0.4) is 0 Å². The van der Waals surface area contributed by atoms with E-state index in [0.29, 0.717) is 19.4 Å². The summed E-state index contributed by atoms with van der Waals surface area (Å²) in [6.07, 6.45) is 2.73. The fourth-order valence-corrected chi connectivity index (χ4v) is 6.60. The SMILES string of the molecule is O=C(C1CCN(S(=O)(=O)c2c(Cl)cccc2Cl)CC1)N(Cc1cccc(F)c1)C1CC1. The Kier molecular flexibility index (Phi) is 6.58. The van der Waals surface area contributed by atoms with Crippen LogP contribution in [-0.2, 0) is 21.4 Å². The first kappa shape index (κ1) is 22.5. The van der Waals surface area contributed by atoms with Crippen LogP contribution in [0.25, 0.3) is 0 Å². The van der Waals surface area contributed by atoms with E-state index in [2.05, 4.69) is 0 Å². The van der Waals surface area contributed by atoms with Crippen LogP contribution in [-0.4, -0.2) is 42.7 Å². The Bertz CT molecular complexity index is 1060. The molecular weight excluding hydrogens is 462 g/mol. The third kappa shape index (κ3) is 4.90. The number of rotatable bonds is 6. The zero-order chi connectivity index (χ0) is 22.2. The monoisotopic (exact) mass is 484 g/mol. The average Bonchev–Trinajstić information content (AvgIpc) is 3.57. The number of halogens is 3. The number of hydrogen-bond donors (Lipinski definition) is 0. The lowest BCUT2D eigenvalue weighted by molar-refractivity contribution is -0.138. The summed E-state index contributed by atoms with van der Waals surface area (Å²) >= 11 is 12.2. The summed E-state index contributed by atoms with van der Waals surface area (Å²) < 4.78 is 41.0. The van der Waals surface area contributed by atoms with Gasteiger partial charge in [0, 0.05) is 31.6 Å². The van der Waals surface area contributed by atoms with E-state index in [1.165, 1.54) is 28.6 Å². The van der Waals surface area contributed by atoms with Crippen molar-refractivity contribution in [1.82, 2.24) is 9.21 Å². The Balaban J connectivity index is 1.44. The van der Waals surface area contributed by atoms with Crippen LogP contribution >= 0.6 is 23.2 Å². The van der Waals surface area contributed by atoms with Crippen molar-refractivity contribution in [2.75, 3.05) is 13.1 Å². The van der Waals surface area contributed by atoms with Crippen molar-refractivity contribution >= 4 is 39.1 Å². The molecule has 0 spiro atoms. The molecule has 0 aromatic heterocycles. The lowest BCUT2D eigenvalue weighted by atomic mass is 9.96. The van der Waals surface area contributed by atoms with Crippen molar-refractivity contribution in [3.63, 3.8) is 0 Å². The fourth-order valence-electron chi connectivity index (χ4n) is 4.04. The van der Waals surface area contributed by atoms with Crippen LogP contribution in [0.15, 0.2) is 47.4 Å². The maximum absolute atomic E-state index is 13.6. The number of carbonyl (C=O) groups is 1. The summed E-state index contributed by atoms with van der Waals surface area (Å²) in [4.78, 5) is 15.0. The van der Waals surface area contributed by atoms with Gasteiger partial charge in [0.05, 0.1) is 10.0 Å². The summed E-state index contributed by atoms with van der Waals surface area (Å²) in [7, 11) is -3.85. The quantitative estimate of drug-likeness (QED) is 0.595. The summed E-state index contributed by atoms with van der Waals surface area (Å²) in [6, 6.07) is 11.1. The van der Waals surface area contributed by atoms with Crippen LogP contribution in [0, 0.1) is 11.7 Å². The molecule has 2 aromatic rings. The maximum atomic E-state index is 13.6. The average molecular weight is 485 g/mol. The normalized spacial score (nSPS) is 18.2. The fraction of sp³-hybridized carbons (Fsp3) is 0.409. The molecule has 0 unspecified atom stereocenters. The molecule has 1 saturated heterocycles. The van der Waals surface area contributed by atoms with Gasteiger partial charge in [-0.05, 0) is 55.5 Å². The van der Waals surface area contributed by atoms with E-state index >= 15 is 0 Å². The van der Waals surface area contributed by atoms with Crippen molar-refractivity contribution < 1.29 is 17.6 Å². The van der Waals surface area contributed by atoms with Crippen LogP contribution in [0.2, 0.25) is 10.0 Å². The predicted molar refractivity (Wildman–Crippen MR) is 118 cm³/mol. The van der Waals surface area contributed by atoms with E-state index in [4.69, 9.17) is 23.2 Å². The highest BCUT2D eigenvalue weighted by atomic mass is 35.5. The summed E-state index contributed by atoms with van der Waals surface area (Å²) in [5, 5.41) is 0.168. The Morgan fingerprint density at radius 3 is 2.23 bits per heavy atom. The first-order chi connectivity index (χ1) is 14.8. The van der Waals surface area contributed by atoms with E-state index in [9.17, 15) is 17.6 Å². The van der Waals surface area contributed by atoms with Gasteiger partial charge in [0.2, 0.25) is 15.9 Å². The lowest BCUT2D eigenvalue weighted by Gasteiger charge is -2.34. The predicted octanol–water partition coefficient (Wildman–Crippen LogP) is 4.72. The number of hydrogen-bond acceptors (Lipinski definition) is 3. The van der Waals surface area contributed by atoms with Crippen molar-refractivity contribution in [3.8, 4) is 0 Å². The van der Waals surface area contributed by atoms with E-state index in [1.54, 1.807) is 12.1 Å². The zero-order valence-corrected chi connectivity index (χ0v) is 19.1. The molecule has 31 heavy (non-hydrogen) atoms. The molecule has 1 amide bonds. The van der Waals surface area contributed by atoms with E-state index in [0.717, 1.165) is 18.4 Å². The number of nitrogens with zero attached hydrogens (tertiary/aromatic N) is 2. The van der Waals surface area contributed by atoms with Gasteiger partial charge in [0.15, 0.2) is 0 Å². The Morgan fingerprint density at radius 2 is 1.65 bits per heavy atom. The van der Waals surface area contributed by atoms with Crippen molar-refractivity contribution in [3.05, 3.63) is 63.9 Å². The molecule has 0 atom stereocenters. The largest absolute Gasteiger partial charge is 0.335 e. The molecule has 1 aliphatic carbocycles. The van der Waals surface area contributed by atoms with Crippen molar-refractivity contribution in [1.29, 1.82) is 0 Å². The maximum Gasteiger partial charge on any atom is 0.246 e. The highest BCUT2D eigenvalue weighted by molar-refractivity contribution is 7.89. The van der Waals surface area contributed by atoms with Crippen LogP contribution < -0.4 is 0 Å². The summed E-state index contributed by atoms with van der Waals surface area (Å²) in [6.45, 7) is 0.812. The van der Waals surface area contributed by atoms with Crippen LogP contribution in [0.5, 0.6) is 0 Å². The molecule has 2 fully saturated rings. The van der Waals surface area contributed by atoms with Gasteiger partial charge >= 0.3 is 0 Å². The van der Waals surface area contributed by atoms with Crippen LogP contribution in [0.4, 0.5) is 4.39 Å². The molecule has 4 rings (SSSR count). The number of piperidine rings is 1. The Labute approximate surface area is 191 Å². The van der Waals surface area contributed by atoms with Gasteiger partial charge in [-0.15, -0.1) is 0 Å². The molecule has 2 aliphatic rings. The summed E-state index contributed by atoms with van der Waals surface area (Å²) in [5.41, 5.74) is 0.758. The molecule has 0 N–H and O–H groups in total. The standard InChI is InChI=1S/C22H23Cl2FN2O3S/c23-19-5-2-6-20(24)21(19)31(29,30)26-11-9-16(10-12-26)22(28)27(18-7-8-18)14-15-3-1-4-17(25)13-15/h1-6,13,16,18H,7-12,14H2. The van der Waals surface area contributed by atoms with E-state index in [1.807, 2.05) is 11.0 Å². The topological polar surface area (TPSA) is 57.7 Å². The molecule has 1 saturated carbocycles. The first-order valence-electron chi connectivity index (χ1n) is 10.3. The Morgan fingerprint density at radius 1 is 1.03 bits per heavy atom. The molecule has 0 radical (unpaired) electrons. The van der Waals surface area contributed by atoms with Gasteiger partial charge in [-0.2, -0.15) is 4.31 Å². The summed E-state index contributed by atoms with van der Waals surface area (Å²) in [5.74, 6) is -0.570. The van der Waals surface area contributed by atoms with E-state index in [-0.39, 0.29) is 51.7 Å². The number of sulfonamides is 1. The number of benzene rings is 2. The van der Waals surface area contributed by atoms with Crippen molar-refractivity contribution in [2.45, 2.75) is 43.2 Å². The van der Waals surface area contributed by atoms with E-state index < -0.39 is 10.0 Å². The minimum Gasteiger partial charge on any atom is -0.335 e. The van der Waals surface area contributed by atoms with Gasteiger partial charge < -0.3 is 4.90 Å². The lowest BCUT2D eigenvalue weighted by Crippen LogP contribution is -2.45. The molecule has 166 valence electrons. The second-order valence-electron chi connectivity index (χ2n) is 8.06.